The fourth-order valence-electron chi connectivity index (χ4n) is 5.20. The lowest BCUT2D eigenvalue weighted by Gasteiger charge is -2.34. The van der Waals surface area contributed by atoms with Crippen molar-refractivity contribution < 1.29 is 0 Å². The summed E-state index contributed by atoms with van der Waals surface area (Å²) >= 11 is 0. The first-order valence-corrected chi connectivity index (χ1v) is 14.5. The first kappa shape index (κ1) is 22.8. The van der Waals surface area contributed by atoms with Crippen molar-refractivity contribution in [1.29, 1.82) is 0 Å². The van der Waals surface area contributed by atoms with Crippen LogP contribution in [0, 0.1) is 0 Å². The molecule has 0 fully saturated rings. The number of rotatable bonds is 6. The van der Waals surface area contributed by atoms with Gasteiger partial charge in [0.25, 0.3) is 0 Å². The molecule has 2 nitrogen and oxygen atoms in total. The molecule has 0 aliphatic rings. The van der Waals surface area contributed by atoms with Crippen LogP contribution in [0.4, 0.5) is 0 Å². The van der Waals surface area contributed by atoms with Gasteiger partial charge in [-0.15, -0.1) is 0 Å². The molecule has 0 N–H and O–H groups in total. The Labute approximate surface area is 219 Å². The Kier molecular flexibility index (Phi) is 6.28. The van der Waals surface area contributed by atoms with Gasteiger partial charge in [0, 0.05) is 23.5 Å². The Morgan fingerprint density at radius 1 is 0.351 bits per heavy atom. The van der Waals surface area contributed by atoms with E-state index in [1.807, 2.05) is 24.4 Å². The van der Waals surface area contributed by atoms with Gasteiger partial charge in [-0.25, -0.2) is 0 Å². The number of hydrogen-bond donors (Lipinski definition) is 0. The summed E-state index contributed by atoms with van der Waals surface area (Å²) in [5.74, 6) is 0. The van der Waals surface area contributed by atoms with E-state index in [9.17, 15) is 0 Å². The first-order valence-electron chi connectivity index (χ1n) is 12.5. The van der Waals surface area contributed by atoms with E-state index in [0.717, 1.165) is 22.5 Å². The molecular weight excluding hydrogens is 464 g/mol. The second-order valence-corrected chi connectivity index (χ2v) is 12.9. The molecule has 37 heavy (non-hydrogen) atoms. The fraction of sp³-hybridized carbons (Fsp3) is 0. The molecule has 3 heteroatoms. The molecule has 0 radical (unpaired) electrons. The zero-order chi connectivity index (χ0) is 24.9. The Balaban J connectivity index is 1.47. The first-order chi connectivity index (χ1) is 18.4. The number of nitrogens with zero attached hydrogens (tertiary/aromatic N) is 2. The van der Waals surface area contributed by atoms with Crippen LogP contribution in [0.1, 0.15) is 0 Å². The zero-order valence-electron chi connectivity index (χ0n) is 20.4. The van der Waals surface area contributed by atoms with Gasteiger partial charge in [0.1, 0.15) is 0 Å². The highest BCUT2D eigenvalue weighted by Crippen LogP contribution is 2.22. The number of pyridine rings is 2. The van der Waals surface area contributed by atoms with Crippen molar-refractivity contribution >= 4 is 28.8 Å². The van der Waals surface area contributed by atoms with Gasteiger partial charge in [-0.3, -0.25) is 9.97 Å². The van der Waals surface area contributed by atoms with Gasteiger partial charge in [0.15, 0.2) is 8.07 Å². The van der Waals surface area contributed by atoms with Crippen molar-refractivity contribution in [2.45, 2.75) is 0 Å². The minimum Gasteiger partial charge on any atom is -0.256 e. The van der Waals surface area contributed by atoms with E-state index in [2.05, 4.69) is 139 Å². The van der Waals surface area contributed by atoms with E-state index in [0.29, 0.717) is 0 Å². The minimum atomic E-state index is -2.55. The number of aromatic nitrogens is 2. The molecular formula is C34H26N2Si. The SMILES string of the molecule is c1ccc([Si](c2ccccc2)(c2ccccc2)c2ccc(-c3ccc(-c4ccccn4)cc3)nc2)cc1. The summed E-state index contributed by atoms with van der Waals surface area (Å²) in [6.07, 6.45) is 3.92. The second-order valence-electron chi connectivity index (χ2n) is 9.07. The predicted molar refractivity (Wildman–Crippen MR) is 157 cm³/mol. The van der Waals surface area contributed by atoms with Crippen molar-refractivity contribution in [3.63, 3.8) is 0 Å². The smallest absolute Gasteiger partial charge is 0.181 e. The summed E-state index contributed by atoms with van der Waals surface area (Å²) in [5.41, 5.74) is 4.14. The van der Waals surface area contributed by atoms with E-state index in [1.54, 1.807) is 0 Å². The Bertz CT molecular complexity index is 1470. The standard InChI is InChI=1S/C34H26N2Si/c1-4-12-29(13-5-1)37(30-14-6-2-7-15-30,31-16-8-3-9-17-31)32-23-24-34(36-26-32)28-21-19-27(20-22-28)33-18-10-11-25-35-33/h1-26H. The molecule has 0 aliphatic carbocycles. The Hall–Kier alpha value is -4.60. The van der Waals surface area contributed by atoms with Crippen molar-refractivity contribution in [3.8, 4) is 22.5 Å². The van der Waals surface area contributed by atoms with Crippen LogP contribution in [-0.2, 0) is 0 Å². The van der Waals surface area contributed by atoms with Crippen LogP contribution >= 0.6 is 0 Å². The normalized spacial score (nSPS) is 11.2. The van der Waals surface area contributed by atoms with E-state index in [-0.39, 0.29) is 0 Å². The Morgan fingerprint density at radius 2 is 0.811 bits per heavy atom. The summed E-state index contributed by atoms with van der Waals surface area (Å²) in [4.78, 5) is 9.48. The largest absolute Gasteiger partial charge is 0.256 e. The van der Waals surface area contributed by atoms with Crippen LogP contribution in [0.3, 0.4) is 0 Å². The van der Waals surface area contributed by atoms with Gasteiger partial charge in [-0.05, 0) is 38.9 Å². The summed E-state index contributed by atoms with van der Waals surface area (Å²) in [6.45, 7) is 0. The average molecular weight is 491 g/mol. The highest BCUT2D eigenvalue weighted by Gasteiger charge is 2.41. The summed E-state index contributed by atoms with van der Waals surface area (Å²) in [7, 11) is -2.55. The topological polar surface area (TPSA) is 25.8 Å². The molecule has 2 heterocycles. The molecule has 4 aromatic carbocycles. The summed E-state index contributed by atoms with van der Waals surface area (Å²) < 4.78 is 0. The number of benzene rings is 4. The number of hydrogen-bond acceptors (Lipinski definition) is 2. The fourth-order valence-corrected chi connectivity index (χ4v) is 9.87. The summed E-state index contributed by atoms with van der Waals surface area (Å²) in [5, 5.41) is 5.31. The lowest BCUT2D eigenvalue weighted by atomic mass is 10.1. The van der Waals surface area contributed by atoms with Gasteiger partial charge < -0.3 is 0 Å². The van der Waals surface area contributed by atoms with Crippen molar-refractivity contribution in [2.75, 3.05) is 0 Å². The molecule has 6 rings (SSSR count). The molecule has 2 aromatic heterocycles. The maximum atomic E-state index is 5.01. The molecule has 0 amide bonds. The highest BCUT2D eigenvalue weighted by molar-refractivity contribution is 7.19. The third-order valence-corrected chi connectivity index (χ3v) is 11.7. The van der Waals surface area contributed by atoms with Crippen molar-refractivity contribution in [1.82, 2.24) is 9.97 Å². The van der Waals surface area contributed by atoms with Gasteiger partial charge in [0.2, 0.25) is 0 Å². The molecule has 176 valence electrons. The van der Waals surface area contributed by atoms with Crippen LogP contribution in [0.5, 0.6) is 0 Å². The van der Waals surface area contributed by atoms with Gasteiger partial charge in [0.05, 0.1) is 11.4 Å². The van der Waals surface area contributed by atoms with E-state index < -0.39 is 8.07 Å². The maximum Gasteiger partial charge on any atom is 0.181 e. The summed E-state index contributed by atoms with van der Waals surface area (Å²) in [6, 6.07) is 51.7. The van der Waals surface area contributed by atoms with Crippen molar-refractivity contribution in [3.05, 3.63) is 158 Å². The molecule has 0 saturated heterocycles. The average Bonchev–Trinajstić information content (AvgIpc) is 3.00. The van der Waals surface area contributed by atoms with Gasteiger partial charge in [-0.1, -0.05) is 127 Å². The van der Waals surface area contributed by atoms with Crippen LogP contribution < -0.4 is 20.7 Å². The molecule has 0 saturated carbocycles. The van der Waals surface area contributed by atoms with Crippen LogP contribution in [0.15, 0.2) is 158 Å². The quantitative estimate of drug-likeness (QED) is 0.237. The second kappa shape index (κ2) is 10.2. The lowest BCUT2D eigenvalue weighted by Crippen LogP contribution is -2.74. The minimum absolute atomic E-state index is 0.966. The third-order valence-electron chi connectivity index (χ3n) is 6.96. The predicted octanol–water partition coefficient (Wildman–Crippen LogP) is 5.19. The van der Waals surface area contributed by atoms with E-state index >= 15 is 0 Å². The molecule has 0 atom stereocenters. The Morgan fingerprint density at radius 3 is 1.22 bits per heavy atom. The van der Waals surface area contributed by atoms with Crippen molar-refractivity contribution in [2.24, 2.45) is 0 Å². The van der Waals surface area contributed by atoms with Crippen LogP contribution in [0.25, 0.3) is 22.5 Å². The zero-order valence-corrected chi connectivity index (χ0v) is 21.4. The van der Waals surface area contributed by atoms with Gasteiger partial charge >= 0.3 is 0 Å². The molecule has 0 aliphatic heterocycles. The molecule has 0 unspecified atom stereocenters. The molecule has 0 spiro atoms. The van der Waals surface area contributed by atoms with Crippen LogP contribution in [-0.4, -0.2) is 18.0 Å². The third kappa shape index (κ3) is 4.30. The van der Waals surface area contributed by atoms with E-state index in [1.165, 1.54) is 20.7 Å². The molecule has 0 bridgehead atoms. The molecule has 6 aromatic rings. The maximum absolute atomic E-state index is 5.01. The van der Waals surface area contributed by atoms with Crippen LogP contribution in [0.2, 0.25) is 0 Å². The van der Waals surface area contributed by atoms with Gasteiger partial charge in [-0.2, -0.15) is 0 Å². The highest BCUT2D eigenvalue weighted by atomic mass is 28.3. The monoisotopic (exact) mass is 490 g/mol. The lowest BCUT2D eigenvalue weighted by molar-refractivity contribution is 1.32. The van der Waals surface area contributed by atoms with E-state index in [4.69, 9.17) is 4.98 Å².